The predicted octanol–water partition coefficient (Wildman–Crippen LogP) is 5.19. The second kappa shape index (κ2) is 12.2. The van der Waals surface area contributed by atoms with Crippen LogP contribution in [-0.2, 0) is 24.3 Å². The number of ether oxygens (including phenoxy) is 2. The van der Waals surface area contributed by atoms with Crippen LogP contribution in [0.5, 0.6) is 5.88 Å². The van der Waals surface area contributed by atoms with Gasteiger partial charge in [-0.05, 0) is 61.2 Å². The van der Waals surface area contributed by atoms with Gasteiger partial charge in [-0.1, -0.05) is 19.1 Å². The van der Waals surface area contributed by atoms with Gasteiger partial charge in [-0.25, -0.2) is 22.8 Å². The summed E-state index contributed by atoms with van der Waals surface area (Å²) in [7, 11) is 1.65. The van der Waals surface area contributed by atoms with E-state index in [1.54, 1.807) is 20.1 Å². The van der Waals surface area contributed by atoms with Gasteiger partial charge < -0.3 is 15.2 Å². The number of anilines is 1. The van der Waals surface area contributed by atoms with Crippen molar-refractivity contribution in [1.82, 2.24) is 29.9 Å². The molecule has 4 aromatic rings. The van der Waals surface area contributed by atoms with Gasteiger partial charge in [-0.2, -0.15) is 4.98 Å². The Kier molecular flexibility index (Phi) is 8.75. The van der Waals surface area contributed by atoms with E-state index in [4.69, 9.17) is 15.2 Å². The third-order valence-electron chi connectivity index (χ3n) is 6.03. The predicted molar refractivity (Wildman–Crippen MR) is 140 cm³/mol. The van der Waals surface area contributed by atoms with Crippen LogP contribution < -0.4 is 10.5 Å². The Morgan fingerprint density at radius 3 is 2.46 bits per heavy atom. The second-order valence-electron chi connectivity index (χ2n) is 9.21. The van der Waals surface area contributed by atoms with E-state index in [1.807, 2.05) is 11.6 Å². The van der Waals surface area contributed by atoms with Crippen LogP contribution in [0.3, 0.4) is 0 Å². The molecule has 0 fully saturated rings. The van der Waals surface area contributed by atoms with E-state index in [0.29, 0.717) is 53.3 Å². The van der Waals surface area contributed by atoms with E-state index >= 15 is 0 Å². The van der Waals surface area contributed by atoms with Crippen molar-refractivity contribution in [1.29, 1.82) is 0 Å². The average Bonchev–Trinajstić information content (AvgIpc) is 3.28. The molecular weight excluding hydrogens is 511 g/mol. The molecule has 0 bridgehead atoms. The van der Waals surface area contributed by atoms with Crippen molar-refractivity contribution in [2.24, 2.45) is 5.92 Å². The van der Waals surface area contributed by atoms with Gasteiger partial charge >= 0.3 is 0 Å². The highest BCUT2D eigenvalue weighted by Gasteiger charge is 2.23. The maximum Gasteiger partial charge on any atom is 0.280 e. The maximum absolute atomic E-state index is 13.7. The molecule has 4 rings (SSSR count). The van der Waals surface area contributed by atoms with Crippen LogP contribution >= 0.6 is 0 Å². The Morgan fingerprint density at radius 1 is 1.05 bits per heavy atom. The number of alkyl halides is 2. The Labute approximate surface area is 224 Å². The summed E-state index contributed by atoms with van der Waals surface area (Å²) in [5, 5.41) is 8.59. The van der Waals surface area contributed by atoms with Crippen LogP contribution in [-0.4, -0.2) is 43.7 Å². The van der Waals surface area contributed by atoms with Crippen LogP contribution in [0.2, 0.25) is 0 Å². The fourth-order valence-corrected chi connectivity index (χ4v) is 4.37. The maximum atomic E-state index is 13.7. The van der Waals surface area contributed by atoms with Crippen molar-refractivity contribution in [3.8, 4) is 28.3 Å². The topological polar surface area (TPSA) is 114 Å². The van der Waals surface area contributed by atoms with E-state index < -0.39 is 17.9 Å². The summed E-state index contributed by atoms with van der Waals surface area (Å²) < 4.78 is 54.2. The molecule has 0 saturated heterocycles. The van der Waals surface area contributed by atoms with Gasteiger partial charge in [-0.15, -0.1) is 5.10 Å². The number of rotatable bonds is 11. The zero-order valence-electron chi connectivity index (χ0n) is 22.2. The summed E-state index contributed by atoms with van der Waals surface area (Å²) >= 11 is 0. The molecular formula is C27H30F3N7O2. The van der Waals surface area contributed by atoms with Gasteiger partial charge in [0.1, 0.15) is 23.8 Å². The molecule has 12 heteroatoms. The van der Waals surface area contributed by atoms with Gasteiger partial charge in [0.2, 0.25) is 11.8 Å². The Morgan fingerprint density at radius 2 is 1.79 bits per heavy atom. The first-order valence-corrected chi connectivity index (χ1v) is 12.4. The summed E-state index contributed by atoms with van der Waals surface area (Å²) in [5.41, 5.74) is 8.99. The SMILES string of the molecule is CCc1c(COc2nc(N)nc(-c3ccc(F)cc3)c2-c2cc(C)nc(C(F)F)c2)nnn1CC(C)COC. The molecule has 3 heterocycles. The number of aromatic nitrogens is 6. The molecule has 0 aliphatic rings. The fourth-order valence-electron chi connectivity index (χ4n) is 4.37. The number of nitrogens with two attached hydrogens (primary N) is 1. The lowest BCUT2D eigenvalue weighted by molar-refractivity contribution is 0.146. The normalized spacial score (nSPS) is 12.2. The number of aryl methyl sites for hydroxylation is 1. The summed E-state index contributed by atoms with van der Waals surface area (Å²) in [5.74, 6) is -0.243. The molecule has 0 radical (unpaired) electrons. The minimum Gasteiger partial charge on any atom is -0.470 e. The largest absolute Gasteiger partial charge is 0.470 e. The number of pyridine rings is 1. The third kappa shape index (κ3) is 6.51. The number of nitrogen functional groups attached to an aromatic ring is 1. The fraction of sp³-hybridized carbons (Fsp3) is 0.370. The lowest BCUT2D eigenvalue weighted by atomic mass is 9.99. The minimum atomic E-state index is -2.79. The molecule has 206 valence electrons. The molecule has 1 atom stereocenters. The highest BCUT2D eigenvalue weighted by Crippen LogP contribution is 2.39. The molecule has 0 saturated carbocycles. The smallest absolute Gasteiger partial charge is 0.280 e. The standard InChI is InChI=1S/C27H30F3N7O2/c1-5-22-21(35-36-37(22)12-15(2)13-38-4)14-39-26-23(18-10-16(3)32-20(11-18)25(29)30)24(33-27(31)34-26)17-6-8-19(28)9-7-17/h6-11,15,25H,5,12-14H2,1-4H3,(H2,31,33,34). The van der Waals surface area contributed by atoms with Crippen LogP contribution in [0.25, 0.3) is 22.4 Å². The Hall–Kier alpha value is -4.06. The average molecular weight is 542 g/mol. The number of halogens is 3. The van der Waals surface area contributed by atoms with Crippen molar-refractivity contribution in [3.05, 3.63) is 65.0 Å². The van der Waals surface area contributed by atoms with Crippen molar-refractivity contribution >= 4 is 5.95 Å². The molecule has 9 nitrogen and oxygen atoms in total. The first kappa shape index (κ1) is 28.0. The molecule has 1 aromatic carbocycles. The minimum absolute atomic E-state index is 0.0000860. The van der Waals surface area contributed by atoms with Gasteiger partial charge in [0.05, 0.1) is 23.6 Å². The molecule has 39 heavy (non-hydrogen) atoms. The van der Waals surface area contributed by atoms with E-state index in [9.17, 15) is 13.2 Å². The first-order valence-electron chi connectivity index (χ1n) is 12.4. The van der Waals surface area contributed by atoms with E-state index in [2.05, 4.69) is 32.2 Å². The number of methoxy groups -OCH3 is 1. The van der Waals surface area contributed by atoms with Gasteiger partial charge in [0.15, 0.2) is 0 Å². The number of nitrogens with zero attached hydrogens (tertiary/aromatic N) is 6. The van der Waals surface area contributed by atoms with Crippen LogP contribution in [0.4, 0.5) is 19.1 Å². The molecule has 0 amide bonds. The third-order valence-corrected chi connectivity index (χ3v) is 6.03. The lowest BCUT2D eigenvalue weighted by Gasteiger charge is -2.16. The van der Waals surface area contributed by atoms with Crippen LogP contribution in [0, 0.1) is 18.7 Å². The molecule has 0 aliphatic heterocycles. The van der Waals surface area contributed by atoms with Gasteiger partial charge in [0, 0.05) is 24.9 Å². The van der Waals surface area contributed by atoms with E-state index in [0.717, 1.165) is 5.69 Å². The lowest BCUT2D eigenvalue weighted by Crippen LogP contribution is -2.16. The number of hydrogen-bond donors (Lipinski definition) is 1. The van der Waals surface area contributed by atoms with Crippen molar-refractivity contribution in [2.75, 3.05) is 19.5 Å². The Balaban J connectivity index is 1.79. The summed E-state index contributed by atoms with van der Waals surface area (Å²) in [4.78, 5) is 12.6. The van der Waals surface area contributed by atoms with Crippen molar-refractivity contribution in [3.63, 3.8) is 0 Å². The first-order chi connectivity index (χ1) is 18.7. The highest BCUT2D eigenvalue weighted by molar-refractivity contribution is 5.85. The van der Waals surface area contributed by atoms with Crippen LogP contribution in [0.15, 0.2) is 36.4 Å². The Bertz CT molecular complexity index is 1430. The van der Waals surface area contributed by atoms with Gasteiger partial charge in [-0.3, -0.25) is 4.98 Å². The molecule has 0 aliphatic carbocycles. The number of hydrogen-bond acceptors (Lipinski definition) is 8. The van der Waals surface area contributed by atoms with E-state index in [-0.39, 0.29) is 24.4 Å². The molecule has 2 N–H and O–H groups in total. The number of benzene rings is 1. The molecule has 1 unspecified atom stereocenters. The van der Waals surface area contributed by atoms with Crippen molar-refractivity contribution in [2.45, 2.75) is 46.8 Å². The summed E-state index contributed by atoms with van der Waals surface area (Å²) in [6.45, 7) is 6.86. The van der Waals surface area contributed by atoms with Crippen molar-refractivity contribution < 1.29 is 22.6 Å². The second-order valence-corrected chi connectivity index (χ2v) is 9.21. The zero-order chi connectivity index (χ0) is 28.1. The van der Waals surface area contributed by atoms with E-state index in [1.165, 1.54) is 30.3 Å². The monoisotopic (exact) mass is 541 g/mol. The summed E-state index contributed by atoms with van der Waals surface area (Å²) in [6, 6.07) is 8.49. The summed E-state index contributed by atoms with van der Waals surface area (Å²) in [6.07, 6.45) is -2.13. The zero-order valence-corrected chi connectivity index (χ0v) is 22.2. The highest BCUT2D eigenvalue weighted by atomic mass is 19.3. The quantitative estimate of drug-likeness (QED) is 0.276. The van der Waals surface area contributed by atoms with Gasteiger partial charge in [0.25, 0.3) is 6.43 Å². The van der Waals surface area contributed by atoms with Crippen LogP contribution in [0.1, 0.15) is 43.0 Å². The molecule has 0 spiro atoms. The molecule has 3 aromatic heterocycles.